The first-order chi connectivity index (χ1) is 12.5. The van der Waals surface area contributed by atoms with Crippen LogP contribution in [-0.4, -0.2) is 30.5 Å². The Balaban J connectivity index is 1.77. The van der Waals surface area contributed by atoms with Gasteiger partial charge in [-0.25, -0.2) is 9.31 Å². The summed E-state index contributed by atoms with van der Waals surface area (Å²) in [6, 6.07) is 17.0. The zero-order valence-corrected chi connectivity index (χ0v) is 14.7. The number of carboxylic acids is 1. The van der Waals surface area contributed by atoms with Crippen molar-refractivity contribution in [3.63, 3.8) is 0 Å². The Morgan fingerprint density at radius 1 is 1.12 bits per heavy atom. The predicted octanol–water partition coefficient (Wildman–Crippen LogP) is 3.91. The smallest absolute Gasteiger partial charge is 0.356 e. The highest BCUT2D eigenvalue weighted by Gasteiger charge is 2.13. The highest BCUT2D eigenvalue weighted by atomic mass is 35.5. The number of hydrogen-bond acceptors (Lipinski definition) is 3. The molecular weight excluding hydrogens is 352 g/mol. The summed E-state index contributed by atoms with van der Waals surface area (Å²) >= 11 is 6.29. The lowest BCUT2D eigenvalue weighted by Gasteiger charge is -2.07. The highest BCUT2D eigenvalue weighted by Crippen LogP contribution is 2.27. The molecule has 0 amide bonds. The van der Waals surface area contributed by atoms with E-state index in [1.165, 1.54) is 0 Å². The maximum absolute atomic E-state index is 11.1. The van der Waals surface area contributed by atoms with Gasteiger partial charge in [-0.1, -0.05) is 35.9 Å². The molecule has 4 rings (SSSR count). The van der Waals surface area contributed by atoms with E-state index in [0.717, 1.165) is 28.2 Å². The number of nitrogens with zero attached hydrogens (tertiary/aromatic N) is 4. The number of aromatic carboxylic acids is 1. The van der Waals surface area contributed by atoms with Crippen LogP contribution in [0.25, 0.3) is 16.8 Å². The van der Waals surface area contributed by atoms with Crippen LogP contribution >= 0.6 is 11.6 Å². The van der Waals surface area contributed by atoms with Crippen LogP contribution in [0.1, 0.15) is 21.9 Å². The number of halogens is 1. The molecule has 0 fully saturated rings. The van der Waals surface area contributed by atoms with E-state index in [4.69, 9.17) is 16.7 Å². The molecule has 26 heavy (non-hydrogen) atoms. The Labute approximate surface area is 154 Å². The summed E-state index contributed by atoms with van der Waals surface area (Å²) in [5.41, 5.74) is 4.29. The first kappa shape index (κ1) is 16.4. The Kier molecular flexibility index (Phi) is 3.97. The SMILES string of the molecule is Cc1cc(C(=O)O)nn1Cc1cccc2cc(-c3ccccc3Cl)nn12. The third-order valence-electron chi connectivity index (χ3n) is 4.23. The van der Waals surface area contributed by atoms with Crippen LogP contribution in [0.5, 0.6) is 0 Å². The molecule has 1 aromatic carbocycles. The van der Waals surface area contributed by atoms with Crippen molar-refractivity contribution in [2.45, 2.75) is 13.5 Å². The fourth-order valence-corrected chi connectivity index (χ4v) is 3.15. The first-order valence-corrected chi connectivity index (χ1v) is 8.41. The van der Waals surface area contributed by atoms with Crippen LogP contribution in [-0.2, 0) is 6.54 Å². The van der Waals surface area contributed by atoms with Crippen molar-refractivity contribution in [1.82, 2.24) is 19.4 Å². The van der Waals surface area contributed by atoms with E-state index in [1.807, 2.05) is 60.0 Å². The molecule has 3 aromatic heterocycles. The zero-order valence-electron chi connectivity index (χ0n) is 13.9. The number of carbonyl (C=O) groups is 1. The number of hydrogen-bond donors (Lipinski definition) is 1. The van der Waals surface area contributed by atoms with Gasteiger partial charge in [-0.3, -0.25) is 4.68 Å². The van der Waals surface area contributed by atoms with Gasteiger partial charge in [0, 0.05) is 11.3 Å². The molecule has 0 saturated carbocycles. The molecule has 0 unspecified atom stereocenters. The Morgan fingerprint density at radius 3 is 2.65 bits per heavy atom. The molecule has 0 aliphatic carbocycles. The van der Waals surface area contributed by atoms with Gasteiger partial charge in [0.15, 0.2) is 5.69 Å². The normalized spacial score (nSPS) is 11.2. The lowest BCUT2D eigenvalue weighted by molar-refractivity contribution is 0.0689. The highest BCUT2D eigenvalue weighted by molar-refractivity contribution is 6.33. The van der Waals surface area contributed by atoms with Gasteiger partial charge in [-0.05, 0) is 37.3 Å². The van der Waals surface area contributed by atoms with Crippen molar-refractivity contribution < 1.29 is 9.90 Å². The molecule has 4 aromatic rings. The standard InChI is InChI=1S/C19H15ClN4O2/c1-12-9-18(19(25)26)21-23(12)11-14-6-4-5-13-10-17(22-24(13)14)15-7-2-3-8-16(15)20/h2-10H,11H2,1H3,(H,25,26). The van der Waals surface area contributed by atoms with Gasteiger partial charge in [0.25, 0.3) is 0 Å². The molecule has 130 valence electrons. The van der Waals surface area contributed by atoms with Crippen molar-refractivity contribution in [1.29, 1.82) is 0 Å². The lowest BCUT2D eigenvalue weighted by atomic mass is 10.1. The van der Waals surface area contributed by atoms with Crippen LogP contribution in [0.15, 0.2) is 54.6 Å². The van der Waals surface area contributed by atoms with E-state index in [-0.39, 0.29) is 5.69 Å². The monoisotopic (exact) mass is 366 g/mol. The van der Waals surface area contributed by atoms with Gasteiger partial charge in [0.2, 0.25) is 0 Å². The fraction of sp³-hybridized carbons (Fsp3) is 0.105. The van der Waals surface area contributed by atoms with Crippen molar-refractivity contribution in [2.75, 3.05) is 0 Å². The Bertz CT molecular complexity index is 1130. The van der Waals surface area contributed by atoms with Gasteiger partial charge >= 0.3 is 5.97 Å². The van der Waals surface area contributed by atoms with E-state index in [9.17, 15) is 4.79 Å². The third kappa shape index (κ3) is 2.84. The van der Waals surface area contributed by atoms with Crippen LogP contribution < -0.4 is 0 Å². The number of benzene rings is 1. The van der Waals surface area contributed by atoms with Crippen molar-refractivity contribution in [3.05, 3.63) is 76.7 Å². The van der Waals surface area contributed by atoms with Crippen LogP contribution in [0.2, 0.25) is 5.02 Å². The van der Waals surface area contributed by atoms with Crippen molar-refractivity contribution >= 4 is 23.1 Å². The van der Waals surface area contributed by atoms with Gasteiger partial charge < -0.3 is 5.11 Å². The van der Waals surface area contributed by atoms with Crippen molar-refractivity contribution in [2.24, 2.45) is 0 Å². The summed E-state index contributed by atoms with van der Waals surface area (Å²) in [6.45, 7) is 2.25. The molecule has 0 aliphatic rings. The van der Waals surface area contributed by atoms with E-state index >= 15 is 0 Å². The van der Waals surface area contributed by atoms with Crippen LogP contribution in [0, 0.1) is 6.92 Å². The van der Waals surface area contributed by atoms with Crippen LogP contribution in [0.3, 0.4) is 0 Å². The summed E-state index contributed by atoms with van der Waals surface area (Å²) in [6.07, 6.45) is 0. The summed E-state index contributed by atoms with van der Waals surface area (Å²) in [5.74, 6) is -1.04. The molecule has 3 heterocycles. The summed E-state index contributed by atoms with van der Waals surface area (Å²) in [5, 5.41) is 18.6. The second kappa shape index (κ2) is 6.31. The van der Waals surface area contributed by atoms with E-state index in [1.54, 1.807) is 10.7 Å². The number of pyridine rings is 1. The minimum absolute atomic E-state index is 0.0342. The summed E-state index contributed by atoms with van der Waals surface area (Å²) in [4.78, 5) is 11.1. The van der Waals surface area contributed by atoms with Gasteiger partial charge in [-0.2, -0.15) is 10.2 Å². The van der Waals surface area contributed by atoms with Gasteiger partial charge in [-0.15, -0.1) is 0 Å². The molecule has 0 atom stereocenters. The number of fused-ring (bicyclic) bond motifs is 1. The average molecular weight is 367 g/mol. The number of rotatable bonds is 4. The van der Waals surface area contributed by atoms with E-state index in [0.29, 0.717) is 11.6 Å². The minimum Gasteiger partial charge on any atom is -0.476 e. The zero-order chi connectivity index (χ0) is 18.3. The fourth-order valence-electron chi connectivity index (χ4n) is 2.92. The molecule has 1 N–H and O–H groups in total. The van der Waals surface area contributed by atoms with E-state index in [2.05, 4.69) is 10.2 Å². The molecule has 0 spiro atoms. The second-order valence-electron chi connectivity index (χ2n) is 6.00. The van der Waals surface area contributed by atoms with Crippen LogP contribution in [0.4, 0.5) is 0 Å². The Morgan fingerprint density at radius 2 is 1.92 bits per heavy atom. The molecule has 0 radical (unpaired) electrons. The molecular formula is C19H15ClN4O2. The Hall–Kier alpha value is -3.12. The molecule has 0 bridgehead atoms. The maximum Gasteiger partial charge on any atom is 0.356 e. The topological polar surface area (TPSA) is 72.4 Å². The number of aryl methyl sites for hydroxylation is 1. The minimum atomic E-state index is -1.04. The maximum atomic E-state index is 11.1. The first-order valence-electron chi connectivity index (χ1n) is 8.03. The van der Waals surface area contributed by atoms with Crippen molar-refractivity contribution in [3.8, 4) is 11.3 Å². The number of carboxylic acid groups (broad SMARTS) is 1. The molecule has 0 saturated heterocycles. The molecule has 6 nitrogen and oxygen atoms in total. The largest absolute Gasteiger partial charge is 0.476 e. The predicted molar refractivity (Wildman–Crippen MR) is 98.7 cm³/mol. The average Bonchev–Trinajstić information content (AvgIpc) is 3.20. The third-order valence-corrected chi connectivity index (χ3v) is 4.56. The molecule has 7 heteroatoms. The summed E-state index contributed by atoms with van der Waals surface area (Å²) < 4.78 is 3.50. The summed E-state index contributed by atoms with van der Waals surface area (Å²) in [7, 11) is 0. The second-order valence-corrected chi connectivity index (χ2v) is 6.40. The number of aromatic nitrogens is 4. The molecule has 0 aliphatic heterocycles. The lowest BCUT2D eigenvalue weighted by Crippen LogP contribution is -2.09. The van der Waals surface area contributed by atoms with E-state index < -0.39 is 5.97 Å². The van der Waals surface area contributed by atoms with Gasteiger partial charge in [0.05, 0.1) is 28.5 Å². The van der Waals surface area contributed by atoms with Gasteiger partial charge in [0.1, 0.15) is 0 Å². The quantitative estimate of drug-likeness (QED) is 0.594.